The quantitative estimate of drug-likeness (QED) is 0.485. The topological polar surface area (TPSA) is 49.9 Å². The van der Waals surface area contributed by atoms with E-state index in [1.54, 1.807) is 0 Å². The summed E-state index contributed by atoms with van der Waals surface area (Å²) in [6, 6.07) is 12.2. The van der Waals surface area contributed by atoms with E-state index in [1.807, 2.05) is 36.0 Å². The highest BCUT2D eigenvalue weighted by atomic mass is 32.2. The molecule has 0 unspecified atom stereocenters. The Morgan fingerprint density at radius 1 is 1.16 bits per heavy atom. The highest BCUT2D eigenvalue weighted by Gasteiger charge is 2.08. The fourth-order valence-electron chi connectivity index (χ4n) is 2.04. The van der Waals surface area contributed by atoms with Crippen LogP contribution in [0.4, 0.5) is 0 Å². The molecule has 0 amide bonds. The van der Waals surface area contributed by atoms with Crippen molar-refractivity contribution in [3.63, 3.8) is 0 Å². The molecule has 0 fully saturated rings. The van der Waals surface area contributed by atoms with Crippen molar-refractivity contribution in [2.24, 2.45) is 11.7 Å². The lowest BCUT2D eigenvalue weighted by atomic mass is 10.0. The molecule has 0 aromatic heterocycles. The first-order valence-electron chi connectivity index (χ1n) is 6.58. The molecule has 0 aliphatic rings. The number of rotatable bonds is 5. The highest BCUT2D eigenvalue weighted by Crippen LogP contribution is 2.31. The Kier molecular flexibility index (Phi) is 4.48. The molecule has 0 saturated heterocycles. The van der Waals surface area contributed by atoms with Crippen LogP contribution in [0.3, 0.4) is 0 Å². The fraction of sp³-hybridized carbons (Fsp3) is 0.312. The van der Waals surface area contributed by atoms with Gasteiger partial charge in [0.15, 0.2) is 0 Å². The summed E-state index contributed by atoms with van der Waals surface area (Å²) >= 11 is 1.89. The fourth-order valence-corrected chi connectivity index (χ4v) is 3.34. The van der Waals surface area contributed by atoms with E-state index in [1.165, 1.54) is 16.7 Å². The van der Waals surface area contributed by atoms with Gasteiger partial charge in [-0.25, -0.2) is 0 Å². The van der Waals surface area contributed by atoms with Crippen LogP contribution in [-0.2, 0) is 0 Å². The smallest absolute Gasteiger partial charge is 0.123 e. The SMILES string of the molecule is CC(C)CCSc1ccc(C(=N)N)c2ccccc12. The second-order valence-corrected chi connectivity index (χ2v) is 6.24. The largest absolute Gasteiger partial charge is 0.384 e. The molecule has 0 radical (unpaired) electrons. The molecule has 100 valence electrons. The van der Waals surface area contributed by atoms with Crippen LogP contribution in [0.1, 0.15) is 25.8 Å². The van der Waals surface area contributed by atoms with E-state index in [9.17, 15) is 0 Å². The van der Waals surface area contributed by atoms with Gasteiger partial charge in [0.25, 0.3) is 0 Å². The van der Waals surface area contributed by atoms with Crippen LogP contribution in [0.5, 0.6) is 0 Å². The van der Waals surface area contributed by atoms with Gasteiger partial charge in [-0.3, -0.25) is 5.41 Å². The van der Waals surface area contributed by atoms with E-state index in [0.29, 0.717) is 0 Å². The third-order valence-corrected chi connectivity index (χ3v) is 4.23. The van der Waals surface area contributed by atoms with Gasteiger partial charge in [0.1, 0.15) is 5.84 Å². The van der Waals surface area contributed by atoms with Gasteiger partial charge >= 0.3 is 0 Å². The number of hydrogen-bond donors (Lipinski definition) is 2. The highest BCUT2D eigenvalue weighted by molar-refractivity contribution is 7.99. The van der Waals surface area contributed by atoms with Gasteiger partial charge in [-0.2, -0.15) is 0 Å². The summed E-state index contributed by atoms with van der Waals surface area (Å²) < 4.78 is 0. The molecule has 19 heavy (non-hydrogen) atoms. The van der Waals surface area contributed by atoms with Gasteiger partial charge < -0.3 is 5.73 Å². The summed E-state index contributed by atoms with van der Waals surface area (Å²) in [4.78, 5) is 1.28. The second kappa shape index (κ2) is 6.11. The summed E-state index contributed by atoms with van der Waals surface area (Å²) in [5, 5.41) is 9.93. The van der Waals surface area contributed by atoms with Crippen molar-refractivity contribution in [2.45, 2.75) is 25.2 Å². The van der Waals surface area contributed by atoms with Crippen molar-refractivity contribution in [1.29, 1.82) is 5.41 Å². The maximum atomic E-state index is 7.65. The summed E-state index contributed by atoms with van der Waals surface area (Å²) in [7, 11) is 0. The molecule has 2 rings (SSSR count). The molecule has 3 N–H and O–H groups in total. The van der Waals surface area contributed by atoms with Crippen LogP contribution in [0.25, 0.3) is 10.8 Å². The number of nitrogens with two attached hydrogens (primary N) is 1. The minimum absolute atomic E-state index is 0.134. The van der Waals surface area contributed by atoms with Crippen molar-refractivity contribution in [1.82, 2.24) is 0 Å². The third-order valence-electron chi connectivity index (χ3n) is 3.13. The molecule has 0 heterocycles. The molecule has 0 saturated carbocycles. The van der Waals surface area contributed by atoms with Crippen LogP contribution in [0, 0.1) is 11.3 Å². The molecular weight excluding hydrogens is 252 g/mol. The van der Waals surface area contributed by atoms with Crippen LogP contribution >= 0.6 is 11.8 Å². The van der Waals surface area contributed by atoms with E-state index in [2.05, 4.69) is 26.0 Å². The predicted molar refractivity (Wildman–Crippen MR) is 85.1 cm³/mol. The molecule has 0 bridgehead atoms. The van der Waals surface area contributed by atoms with Gasteiger partial charge in [0.05, 0.1) is 0 Å². The monoisotopic (exact) mass is 272 g/mol. The number of hydrogen-bond acceptors (Lipinski definition) is 2. The summed E-state index contributed by atoms with van der Waals surface area (Å²) in [5.41, 5.74) is 6.47. The maximum absolute atomic E-state index is 7.65. The molecular formula is C16H20N2S. The number of nitrogens with one attached hydrogen (secondary N) is 1. The van der Waals surface area contributed by atoms with Gasteiger partial charge in [-0.1, -0.05) is 38.1 Å². The first kappa shape index (κ1) is 13.9. The summed E-state index contributed by atoms with van der Waals surface area (Å²) in [5.74, 6) is 1.99. The number of thioether (sulfide) groups is 1. The molecule has 2 aromatic rings. The molecule has 0 aliphatic heterocycles. The average molecular weight is 272 g/mol. The Bertz CT molecular complexity index is 590. The Hall–Kier alpha value is -1.48. The molecule has 3 heteroatoms. The van der Waals surface area contributed by atoms with Crippen molar-refractivity contribution in [3.05, 3.63) is 42.0 Å². The normalized spacial score (nSPS) is 11.1. The lowest BCUT2D eigenvalue weighted by molar-refractivity contribution is 0.632. The average Bonchev–Trinajstić information content (AvgIpc) is 2.38. The van der Waals surface area contributed by atoms with Crippen molar-refractivity contribution in [3.8, 4) is 0 Å². The van der Waals surface area contributed by atoms with Crippen LogP contribution in [-0.4, -0.2) is 11.6 Å². The number of fused-ring (bicyclic) bond motifs is 1. The molecule has 2 aromatic carbocycles. The maximum Gasteiger partial charge on any atom is 0.123 e. The molecule has 0 spiro atoms. The zero-order valence-electron chi connectivity index (χ0n) is 11.4. The Morgan fingerprint density at radius 2 is 1.84 bits per heavy atom. The van der Waals surface area contributed by atoms with Crippen LogP contribution in [0.2, 0.25) is 0 Å². The van der Waals surface area contributed by atoms with Crippen molar-refractivity contribution >= 4 is 28.4 Å². The van der Waals surface area contributed by atoms with Gasteiger partial charge in [-0.15, -0.1) is 11.8 Å². The van der Waals surface area contributed by atoms with Crippen molar-refractivity contribution in [2.75, 3.05) is 5.75 Å². The Labute approximate surface area is 118 Å². The predicted octanol–water partition coefficient (Wildman–Crippen LogP) is 4.26. The lowest BCUT2D eigenvalue weighted by Crippen LogP contribution is -2.11. The Balaban J connectivity index is 2.36. The van der Waals surface area contributed by atoms with E-state index in [-0.39, 0.29) is 5.84 Å². The van der Waals surface area contributed by atoms with E-state index in [4.69, 9.17) is 11.1 Å². The summed E-state index contributed by atoms with van der Waals surface area (Å²) in [6.45, 7) is 4.50. The number of amidine groups is 1. The third kappa shape index (κ3) is 3.29. The Morgan fingerprint density at radius 3 is 2.47 bits per heavy atom. The van der Waals surface area contributed by atoms with E-state index in [0.717, 1.165) is 22.6 Å². The minimum Gasteiger partial charge on any atom is -0.384 e. The number of benzene rings is 2. The van der Waals surface area contributed by atoms with Crippen LogP contribution < -0.4 is 5.73 Å². The number of nitrogen functional groups attached to an aromatic ring is 1. The van der Waals surface area contributed by atoms with Crippen molar-refractivity contribution < 1.29 is 0 Å². The first-order valence-corrected chi connectivity index (χ1v) is 7.57. The standard InChI is InChI=1S/C16H20N2S/c1-11(2)9-10-19-15-8-7-14(16(17)18)12-5-3-4-6-13(12)15/h3-8,11H,9-10H2,1-2H3,(H3,17,18). The minimum atomic E-state index is 0.134. The van der Waals surface area contributed by atoms with Crippen LogP contribution in [0.15, 0.2) is 41.3 Å². The summed E-state index contributed by atoms with van der Waals surface area (Å²) in [6.07, 6.45) is 1.22. The van der Waals surface area contributed by atoms with Gasteiger partial charge in [-0.05, 0) is 41.0 Å². The first-order chi connectivity index (χ1) is 9.09. The zero-order chi connectivity index (χ0) is 13.8. The zero-order valence-corrected chi connectivity index (χ0v) is 12.3. The molecule has 2 nitrogen and oxygen atoms in total. The molecule has 0 aliphatic carbocycles. The van der Waals surface area contributed by atoms with E-state index < -0.39 is 0 Å². The lowest BCUT2D eigenvalue weighted by Gasteiger charge is -2.10. The second-order valence-electron chi connectivity index (χ2n) is 5.10. The van der Waals surface area contributed by atoms with Gasteiger partial charge in [0, 0.05) is 10.5 Å². The van der Waals surface area contributed by atoms with Gasteiger partial charge in [0.2, 0.25) is 0 Å². The van der Waals surface area contributed by atoms with E-state index >= 15 is 0 Å². The molecule has 0 atom stereocenters.